The van der Waals surface area contributed by atoms with Gasteiger partial charge in [-0.05, 0) is 37.0 Å². The molecule has 0 fully saturated rings. The predicted molar refractivity (Wildman–Crippen MR) is 103 cm³/mol. The quantitative estimate of drug-likeness (QED) is 0.533. The number of aromatic nitrogens is 1. The van der Waals surface area contributed by atoms with Gasteiger partial charge in [-0.3, -0.25) is 0 Å². The lowest BCUT2D eigenvalue weighted by molar-refractivity contribution is 0.525. The normalized spacial score (nSPS) is 11.7. The van der Waals surface area contributed by atoms with E-state index < -0.39 is 0 Å². The lowest BCUT2D eigenvalue weighted by Crippen LogP contribution is -1.93. The summed E-state index contributed by atoms with van der Waals surface area (Å²) in [5.41, 5.74) is 3.82. The summed E-state index contributed by atoms with van der Waals surface area (Å²) in [4.78, 5) is 4.63. The third-order valence-electron chi connectivity index (χ3n) is 3.80. The number of benzene rings is 1. The molecule has 0 aliphatic rings. The van der Waals surface area contributed by atoms with Crippen LogP contribution >= 0.6 is 11.3 Å². The fraction of sp³-hybridized carbons (Fsp3) is 0.238. The van der Waals surface area contributed by atoms with Crippen LogP contribution in [-0.2, 0) is 6.42 Å². The highest BCUT2D eigenvalue weighted by Gasteiger charge is 2.10. The third-order valence-corrected chi connectivity index (χ3v) is 4.67. The molecule has 0 atom stereocenters. The SMILES string of the molecule is Cc1ccc(/C=C(/C#N)c2nc(-c3ccc(CC(C)C)cc3)cs2)o1. The van der Waals surface area contributed by atoms with Gasteiger partial charge in [-0.25, -0.2) is 4.98 Å². The summed E-state index contributed by atoms with van der Waals surface area (Å²) in [6, 6.07) is 14.5. The van der Waals surface area contributed by atoms with Gasteiger partial charge in [0.15, 0.2) is 0 Å². The molecule has 0 unspecified atom stereocenters. The Morgan fingerprint density at radius 3 is 2.60 bits per heavy atom. The smallest absolute Gasteiger partial charge is 0.134 e. The largest absolute Gasteiger partial charge is 0.462 e. The maximum Gasteiger partial charge on any atom is 0.134 e. The van der Waals surface area contributed by atoms with E-state index in [0.29, 0.717) is 22.3 Å². The molecule has 0 saturated heterocycles. The van der Waals surface area contributed by atoms with Crippen molar-refractivity contribution in [2.75, 3.05) is 0 Å². The molecule has 0 amide bonds. The summed E-state index contributed by atoms with van der Waals surface area (Å²) in [5, 5.41) is 12.2. The van der Waals surface area contributed by atoms with E-state index in [1.54, 1.807) is 6.08 Å². The van der Waals surface area contributed by atoms with Crippen molar-refractivity contribution in [3.8, 4) is 17.3 Å². The Hall–Kier alpha value is -2.64. The van der Waals surface area contributed by atoms with Crippen molar-refractivity contribution < 1.29 is 4.42 Å². The minimum Gasteiger partial charge on any atom is -0.462 e. The van der Waals surface area contributed by atoms with E-state index in [-0.39, 0.29) is 0 Å². The van der Waals surface area contributed by atoms with E-state index in [1.165, 1.54) is 16.9 Å². The van der Waals surface area contributed by atoms with Crippen molar-refractivity contribution in [1.29, 1.82) is 5.26 Å². The van der Waals surface area contributed by atoms with Crippen molar-refractivity contribution in [3.05, 3.63) is 63.9 Å². The number of thiazole rings is 1. The Bertz CT molecular complexity index is 923. The Morgan fingerprint density at radius 1 is 1.24 bits per heavy atom. The lowest BCUT2D eigenvalue weighted by Gasteiger charge is -2.05. The average Bonchev–Trinajstić information content (AvgIpc) is 3.22. The summed E-state index contributed by atoms with van der Waals surface area (Å²) in [6.45, 7) is 6.32. The number of furan rings is 1. The second kappa shape index (κ2) is 7.50. The molecule has 3 nitrogen and oxygen atoms in total. The van der Waals surface area contributed by atoms with Crippen LogP contribution in [0, 0.1) is 24.2 Å². The summed E-state index contributed by atoms with van der Waals surface area (Å²) in [7, 11) is 0. The molecule has 4 heteroatoms. The van der Waals surface area contributed by atoms with Gasteiger partial charge in [0, 0.05) is 17.0 Å². The van der Waals surface area contributed by atoms with E-state index in [0.717, 1.165) is 23.4 Å². The fourth-order valence-electron chi connectivity index (χ4n) is 2.63. The minimum atomic E-state index is 0.516. The molecule has 2 heterocycles. The van der Waals surface area contributed by atoms with Gasteiger partial charge >= 0.3 is 0 Å². The third kappa shape index (κ3) is 4.26. The molecule has 126 valence electrons. The molecule has 25 heavy (non-hydrogen) atoms. The molecule has 0 bridgehead atoms. The van der Waals surface area contributed by atoms with Crippen molar-refractivity contribution in [2.24, 2.45) is 5.92 Å². The summed E-state index contributed by atoms with van der Waals surface area (Å²) in [5.74, 6) is 2.14. The van der Waals surface area contributed by atoms with Gasteiger partial charge in [0.1, 0.15) is 22.6 Å². The Balaban J connectivity index is 1.84. The van der Waals surface area contributed by atoms with Gasteiger partial charge in [-0.1, -0.05) is 38.1 Å². The summed E-state index contributed by atoms with van der Waals surface area (Å²) < 4.78 is 5.52. The second-order valence-electron chi connectivity index (χ2n) is 6.45. The molecule has 2 aromatic heterocycles. The highest BCUT2D eigenvalue weighted by atomic mass is 32.1. The zero-order valence-corrected chi connectivity index (χ0v) is 15.4. The van der Waals surface area contributed by atoms with Gasteiger partial charge in [-0.15, -0.1) is 11.3 Å². The number of aryl methyl sites for hydroxylation is 1. The van der Waals surface area contributed by atoms with Crippen LogP contribution in [-0.4, -0.2) is 4.98 Å². The van der Waals surface area contributed by atoms with Crippen LogP contribution in [0.3, 0.4) is 0 Å². The molecule has 1 aromatic carbocycles. The molecule has 0 aliphatic heterocycles. The van der Waals surface area contributed by atoms with Gasteiger partial charge in [-0.2, -0.15) is 5.26 Å². The van der Waals surface area contributed by atoms with Crippen LogP contribution in [0.1, 0.15) is 35.9 Å². The first-order valence-corrected chi connectivity index (χ1v) is 9.16. The number of hydrogen-bond acceptors (Lipinski definition) is 4. The van der Waals surface area contributed by atoms with Crippen LogP contribution in [0.4, 0.5) is 0 Å². The first kappa shape index (κ1) is 17.2. The van der Waals surface area contributed by atoms with Crippen molar-refractivity contribution in [1.82, 2.24) is 4.98 Å². The molecule has 0 radical (unpaired) electrons. The van der Waals surface area contributed by atoms with E-state index in [2.05, 4.69) is 49.2 Å². The van der Waals surface area contributed by atoms with Crippen LogP contribution < -0.4 is 0 Å². The first-order chi connectivity index (χ1) is 12.0. The van der Waals surface area contributed by atoms with Gasteiger partial charge in [0.25, 0.3) is 0 Å². The summed E-state index contributed by atoms with van der Waals surface area (Å²) in [6.07, 6.45) is 2.81. The van der Waals surface area contributed by atoms with Crippen LogP contribution in [0.2, 0.25) is 0 Å². The van der Waals surface area contributed by atoms with E-state index in [1.807, 2.05) is 24.4 Å². The van der Waals surface area contributed by atoms with E-state index >= 15 is 0 Å². The standard InChI is InChI=1S/C21H20N2OS/c1-14(2)10-16-5-7-17(8-6-16)20-13-25-21(23-20)18(12-22)11-19-9-4-15(3)24-19/h4-9,11,13-14H,10H2,1-3H3/b18-11-. The van der Waals surface area contributed by atoms with Crippen molar-refractivity contribution >= 4 is 23.0 Å². The van der Waals surface area contributed by atoms with Crippen LogP contribution in [0.25, 0.3) is 22.9 Å². The van der Waals surface area contributed by atoms with Crippen LogP contribution in [0.5, 0.6) is 0 Å². The highest BCUT2D eigenvalue weighted by molar-refractivity contribution is 7.11. The van der Waals surface area contributed by atoms with E-state index in [4.69, 9.17) is 4.42 Å². The number of nitriles is 1. The van der Waals surface area contributed by atoms with Gasteiger partial charge in [0.05, 0.1) is 11.3 Å². The minimum absolute atomic E-state index is 0.516. The van der Waals surface area contributed by atoms with Crippen molar-refractivity contribution in [3.63, 3.8) is 0 Å². The molecule has 0 saturated carbocycles. The molecule has 0 N–H and O–H groups in total. The summed E-state index contributed by atoms with van der Waals surface area (Å²) >= 11 is 1.47. The Kier molecular flexibility index (Phi) is 5.16. The second-order valence-corrected chi connectivity index (χ2v) is 7.31. The molecule has 3 aromatic rings. The topological polar surface area (TPSA) is 49.8 Å². The maximum atomic E-state index is 9.45. The van der Waals surface area contributed by atoms with Crippen LogP contribution in [0.15, 0.2) is 46.2 Å². The molecular weight excluding hydrogens is 328 g/mol. The maximum absolute atomic E-state index is 9.45. The first-order valence-electron chi connectivity index (χ1n) is 8.28. The Morgan fingerprint density at radius 2 is 2.00 bits per heavy atom. The highest BCUT2D eigenvalue weighted by Crippen LogP contribution is 2.28. The zero-order valence-electron chi connectivity index (χ0n) is 14.6. The number of allylic oxidation sites excluding steroid dienone is 1. The van der Waals surface area contributed by atoms with Gasteiger partial charge < -0.3 is 4.42 Å². The van der Waals surface area contributed by atoms with E-state index in [9.17, 15) is 5.26 Å². The number of nitrogens with zero attached hydrogens (tertiary/aromatic N) is 2. The lowest BCUT2D eigenvalue weighted by atomic mass is 10.0. The fourth-order valence-corrected chi connectivity index (χ4v) is 3.42. The molecule has 3 rings (SSSR count). The average molecular weight is 348 g/mol. The molecule has 0 aliphatic carbocycles. The number of rotatable bonds is 5. The van der Waals surface area contributed by atoms with Gasteiger partial charge in [0.2, 0.25) is 0 Å². The zero-order chi connectivity index (χ0) is 17.8. The predicted octanol–water partition coefficient (Wildman–Crippen LogP) is 5.97. The van der Waals surface area contributed by atoms with Crippen molar-refractivity contribution in [2.45, 2.75) is 27.2 Å². The Labute approximate surface area is 152 Å². The number of hydrogen-bond donors (Lipinski definition) is 0. The molecule has 0 spiro atoms. The molecular formula is C21H20N2OS. The monoisotopic (exact) mass is 348 g/mol.